The SMILES string of the molecule is Cc1ccoc1CNc1cccc2cnccc12. The average Bonchev–Trinajstić information content (AvgIpc) is 2.82. The number of fused-ring (bicyclic) bond motifs is 1. The third-order valence-corrected chi connectivity index (χ3v) is 3.09. The Morgan fingerprint density at radius 1 is 1.22 bits per heavy atom. The van der Waals surface area contributed by atoms with Crippen molar-refractivity contribution in [3.05, 3.63) is 60.3 Å². The van der Waals surface area contributed by atoms with E-state index < -0.39 is 0 Å². The van der Waals surface area contributed by atoms with Crippen LogP contribution in [0.1, 0.15) is 11.3 Å². The van der Waals surface area contributed by atoms with E-state index in [2.05, 4.69) is 22.4 Å². The zero-order chi connectivity index (χ0) is 12.4. The van der Waals surface area contributed by atoms with Crippen LogP contribution in [0.15, 0.2) is 53.4 Å². The molecular weight excluding hydrogens is 224 g/mol. The maximum absolute atomic E-state index is 5.42. The Morgan fingerprint density at radius 2 is 2.17 bits per heavy atom. The summed E-state index contributed by atoms with van der Waals surface area (Å²) < 4.78 is 5.42. The minimum Gasteiger partial charge on any atom is -0.467 e. The largest absolute Gasteiger partial charge is 0.467 e. The molecule has 2 aromatic heterocycles. The number of nitrogens with zero attached hydrogens (tertiary/aromatic N) is 1. The van der Waals surface area contributed by atoms with Crippen molar-refractivity contribution in [3.8, 4) is 0 Å². The monoisotopic (exact) mass is 238 g/mol. The Hall–Kier alpha value is -2.29. The highest BCUT2D eigenvalue weighted by Gasteiger charge is 2.03. The fourth-order valence-electron chi connectivity index (χ4n) is 2.04. The van der Waals surface area contributed by atoms with Gasteiger partial charge in [0.15, 0.2) is 0 Å². The van der Waals surface area contributed by atoms with Gasteiger partial charge in [-0.1, -0.05) is 12.1 Å². The van der Waals surface area contributed by atoms with Crippen molar-refractivity contribution in [1.82, 2.24) is 4.98 Å². The Balaban J connectivity index is 1.89. The molecule has 3 heteroatoms. The van der Waals surface area contributed by atoms with E-state index in [0.29, 0.717) is 6.54 Å². The van der Waals surface area contributed by atoms with E-state index in [0.717, 1.165) is 16.8 Å². The molecular formula is C15H14N2O. The van der Waals surface area contributed by atoms with Crippen LogP contribution < -0.4 is 5.32 Å². The van der Waals surface area contributed by atoms with E-state index in [9.17, 15) is 0 Å². The molecule has 90 valence electrons. The maximum Gasteiger partial charge on any atom is 0.125 e. The summed E-state index contributed by atoms with van der Waals surface area (Å²) in [6.45, 7) is 2.74. The molecule has 0 amide bonds. The predicted octanol–water partition coefficient (Wildman–Crippen LogP) is 3.75. The molecule has 3 nitrogen and oxygen atoms in total. The zero-order valence-electron chi connectivity index (χ0n) is 10.2. The van der Waals surface area contributed by atoms with E-state index in [4.69, 9.17) is 4.42 Å². The van der Waals surface area contributed by atoms with E-state index >= 15 is 0 Å². The minimum absolute atomic E-state index is 0.695. The van der Waals surface area contributed by atoms with Gasteiger partial charge >= 0.3 is 0 Å². The molecule has 0 aliphatic carbocycles. The number of benzene rings is 1. The van der Waals surface area contributed by atoms with Gasteiger partial charge in [0.05, 0.1) is 12.8 Å². The second-order valence-corrected chi connectivity index (χ2v) is 4.28. The highest BCUT2D eigenvalue weighted by molar-refractivity contribution is 5.93. The quantitative estimate of drug-likeness (QED) is 0.755. The molecule has 3 aromatic rings. The Bertz CT molecular complexity index is 668. The lowest BCUT2D eigenvalue weighted by atomic mass is 10.1. The molecule has 0 aliphatic rings. The molecule has 18 heavy (non-hydrogen) atoms. The third-order valence-electron chi connectivity index (χ3n) is 3.09. The molecule has 0 saturated heterocycles. The zero-order valence-corrected chi connectivity index (χ0v) is 10.2. The average molecular weight is 238 g/mol. The summed E-state index contributed by atoms with van der Waals surface area (Å²) >= 11 is 0. The van der Waals surface area contributed by atoms with Gasteiger partial charge in [-0.25, -0.2) is 0 Å². The summed E-state index contributed by atoms with van der Waals surface area (Å²) in [7, 11) is 0. The molecule has 0 atom stereocenters. The number of aromatic nitrogens is 1. The number of rotatable bonds is 3. The molecule has 0 aliphatic heterocycles. The minimum atomic E-state index is 0.695. The molecule has 3 rings (SSSR count). The van der Waals surface area contributed by atoms with Gasteiger partial charge in [-0.05, 0) is 30.7 Å². The van der Waals surface area contributed by atoms with Gasteiger partial charge in [0.1, 0.15) is 5.76 Å². The van der Waals surface area contributed by atoms with Gasteiger partial charge in [-0.2, -0.15) is 0 Å². The van der Waals surface area contributed by atoms with Gasteiger partial charge in [0, 0.05) is 28.9 Å². The summed E-state index contributed by atoms with van der Waals surface area (Å²) in [5, 5.41) is 5.72. The van der Waals surface area contributed by atoms with Crippen LogP contribution in [0.2, 0.25) is 0 Å². The molecule has 2 heterocycles. The van der Waals surface area contributed by atoms with Gasteiger partial charge in [0.2, 0.25) is 0 Å². The van der Waals surface area contributed by atoms with Crippen LogP contribution in [0.4, 0.5) is 5.69 Å². The van der Waals surface area contributed by atoms with Crippen molar-refractivity contribution in [2.24, 2.45) is 0 Å². The molecule has 0 radical (unpaired) electrons. The van der Waals surface area contributed by atoms with Crippen LogP contribution in [0.3, 0.4) is 0 Å². The number of nitrogens with one attached hydrogen (secondary N) is 1. The Morgan fingerprint density at radius 3 is 3.00 bits per heavy atom. The maximum atomic E-state index is 5.42. The van der Waals surface area contributed by atoms with Crippen LogP contribution in [0.25, 0.3) is 10.8 Å². The van der Waals surface area contributed by atoms with Crippen molar-refractivity contribution in [3.63, 3.8) is 0 Å². The van der Waals surface area contributed by atoms with Crippen molar-refractivity contribution >= 4 is 16.5 Å². The number of furan rings is 1. The first kappa shape index (κ1) is 10.8. The molecule has 1 N–H and O–H groups in total. The Kier molecular flexibility index (Phi) is 2.73. The van der Waals surface area contributed by atoms with Gasteiger partial charge in [-0.3, -0.25) is 4.98 Å². The van der Waals surface area contributed by atoms with E-state index in [1.165, 1.54) is 10.9 Å². The molecule has 0 bridgehead atoms. The van der Waals surface area contributed by atoms with Crippen LogP contribution in [0, 0.1) is 6.92 Å². The van der Waals surface area contributed by atoms with Gasteiger partial charge in [0.25, 0.3) is 0 Å². The lowest BCUT2D eigenvalue weighted by Gasteiger charge is -2.08. The van der Waals surface area contributed by atoms with Crippen molar-refractivity contribution < 1.29 is 4.42 Å². The second kappa shape index (κ2) is 4.53. The van der Waals surface area contributed by atoms with Gasteiger partial charge < -0.3 is 9.73 Å². The summed E-state index contributed by atoms with van der Waals surface area (Å²) in [5.74, 6) is 0.973. The highest BCUT2D eigenvalue weighted by Crippen LogP contribution is 2.23. The summed E-state index contributed by atoms with van der Waals surface area (Å²) in [6, 6.07) is 10.2. The number of aryl methyl sites for hydroxylation is 1. The van der Waals surface area contributed by atoms with Crippen LogP contribution in [-0.2, 0) is 6.54 Å². The van der Waals surface area contributed by atoms with Crippen LogP contribution in [0.5, 0.6) is 0 Å². The normalized spacial score (nSPS) is 10.7. The van der Waals surface area contributed by atoms with E-state index in [-0.39, 0.29) is 0 Å². The number of hydrogen-bond acceptors (Lipinski definition) is 3. The summed E-state index contributed by atoms with van der Waals surface area (Å²) in [5.41, 5.74) is 2.27. The lowest BCUT2D eigenvalue weighted by Crippen LogP contribution is -2.00. The number of anilines is 1. The lowest BCUT2D eigenvalue weighted by molar-refractivity contribution is 0.515. The first-order chi connectivity index (χ1) is 8.84. The second-order valence-electron chi connectivity index (χ2n) is 4.28. The van der Waals surface area contributed by atoms with Crippen LogP contribution in [-0.4, -0.2) is 4.98 Å². The number of hydrogen-bond donors (Lipinski definition) is 1. The molecule has 0 spiro atoms. The standard InChI is InChI=1S/C15H14N2O/c1-11-6-8-18-15(11)10-17-14-4-2-3-12-9-16-7-5-13(12)14/h2-9,17H,10H2,1H3. The Labute approximate surface area is 105 Å². The smallest absolute Gasteiger partial charge is 0.125 e. The number of pyridine rings is 1. The van der Waals surface area contributed by atoms with Crippen molar-refractivity contribution in [2.45, 2.75) is 13.5 Å². The summed E-state index contributed by atoms with van der Waals surface area (Å²) in [4.78, 5) is 4.13. The van der Waals surface area contributed by atoms with Crippen molar-refractivity contribution in [2.75, 3.05) is 5.32 Å². The first-order valence-corrected chi connectivity index (χ1v) is 5.94. The molecule has 0 fully saturated rings. The first-order valence-electron chi connectivity index (χ1n) is 5.94. The van der Waals surface area contributed by atoms with Gasteiger partial charge in [-0.15, -0.1) is 0 Å². The molecule has 0 saturated carbocycles. The fourth-order valence-corrected chi connectivity index (χ4v) is 2.04. The topological polar surface area (TPSA) is 38.1 Å². The van der Waals surface area contributed by atoms with Crippen LogP contribution >= 0.6 is 0 Å². The van der Waals surface area contributed by atoms with E-state index in [1.54, 1.807) is 6.26 Å². The molecule has 1 aromatic carbocycles. The van der Waals surface area contributed by atoms with E-state index in [1.807, 2.05) is 37.5 Å². The fraction of sp³-hybridized carbons (Fsp3) is 0.133. The third kappa shape index (κ3) is 1.95. The van der Waals surface area contributed by atoms with Crippen molar-refractivity contribution in [1.29, 1.82) is 0 Å². The summed E-state index contributed by atoms with van der Waals surface area (Å²) in [6.07, 6.45) is 5.41. The molecule has 0 unspecified atom stereocenters. The highest BCUT2D eigenvalue weighted by atomic mass is 16.3. The predicted molar refractivity (Wildman–Crippen MR) is 72.5 cm³/mol.